The number of carbonyl (C=O) groups is 1. The number of amides is 1. The molecule has 2 aromatic rings. The van der Waals surface area contributed by atoms with Gasteiger partial charge >= 0.3 is 0 Å². The lowest BCUT2D eigenvalue weighted by Gasteiger charge is -2.14. The van der Waals surface area contributed by atoms with Gasteiger partial charge in [0.1, 0.15) is 0 Å². The number of carbonyl (C=O) groups excluding carboxylic acids is 1. The highest BCUT2D eigenvalue weighted by Crippen LogP contribution is 2.26. The van der Waals surface area contributed by atoms with Crippen molar-refractivity contribution in [2.24, 2.45) is 5.92 Å². The normalized spacial score (nSPS) is 12.3. The van der Waals surface area contributed by atoms with E-state index in [4.69, 9.17) is 0 Å². The van der Waals surface area contributed by atoms with Crippen LogP contribution in [0.4, 0.5) is 5.69 Å². The number of aliphatic hydroxyl groups is 1. The van der Waals surface area contributed by atoms with Gasteiger partial charge in [-0.05, 0) is 30.5 Å². The summed E-state index contributed by atoms with van der Waals surface area (Å²) in [4.78, 5) is 27.0. The van der Waals surface area contributed by atoms with Gasteiger partial charge in [0.15, 0.2) is 0 Å². The van der Waals surface area contributed by atoms with Crippen molar-refractivity contribution >= 4 is 22.5 Å². The molecule has 0 aliphatic rings. The lowest BCUT2D eigenvalue weighted by molar-refractivity contribution is -0.383. The van der Waals surface area contributed by atoms with Crippen LogP contribution in [0.25, 0.3) is 10.9 Å². The molecule has 7 nitrogen and oxygen atoms in total. The maximum Gasteiger partial charge on any atom is 0.278 e. The van der Waals surface area contributed by atoms with Crippen molar-refractivity contribution in [3.05, 3.63) is 46.1 Å². The Morgan fingerprint density at radius 1 is 1.39 bits per heavy atom. The van der Waals surface area contributed by atoms with Gasteiger partial charge in [0.2, 0.25) is 0 Å². The summed E-state index contributed by atoms with van der Waals surface area (Å²) < 4.78 is 0. The molecule has 1 atom stereocenters. The molecule has 1 amide bonds. The number of aliphatic hydroxyl groups excluding tert-OH is 1. The Hall–Kier alpha value is -2.54. The minimum absolute atomic E-state index is 0.0834. The van der Waals surface area contributed by atoms with E-state index < -0.39 is 11.0 Å². The Kier molecular flexibility index (Phi) is 5.23. The first-order valence-electron chi connectivity index (χ1n) is 7.40. The molecule has 0 fully saturated rings. The van der Waals surface area contributed by atoms with Crippen LogP contribution in [0.1, 0.15) is 30.6 Å². The van der Waals surface area contributed by atoms with Gasteiger partial charge < -0.3 is 10.4 Å². The second-order valence-corrected chi connectivity index (χ2v) is 5.64. The van der Waals surface area contributed by atoms with E-state index >= 15 is 0 Å². The molecular weight excluding hydrogens is 298 g/mol. The van der Waals surface area contributed by atoms with Gasteiger partial charge in [-0.25, -0.2) is 0 Å². The molecule has 0 saturated heterocycles. The van der Waals surface area contributed by atoms with Crippen LogP contribution in [0.5, 0.6) is 0 Å². The molecule has 0 bridgehead atoms. The summed E-state index contributed by atoms with van der Waals surface area (Å²) in [6.45, 7) is 4.13. The summed E-state index contributed by atoms with van der Waals surface area (Å²) in [6.07, 6.45) is 1.45. The molecule has 0 saturated carbocycles. The van der Waals surface area contributed by atoms with E-state index in [0.717, 1.165) is 0 Å². The van der Waals surface area contributed by atoms with E-state index in [1.165, 1.54) is 18.3 Å². The second kappa shape index (κ2) is 7.15. The number of nitro groups is 1. The maximum atomic E-state index is 12.3. The van der Waals surface area contributed by atoms with Crippen LogP contribution in [0.15, 0.2) is 30.5 Å². The molecule has 7 heteroatoms. The predicted molar refractivity (Wildman–Crippen MR) is 86.2 cm³/mol. The maximum absolute atomic E-state index is 12.3. The minimum atomic E-state index is -0.495. The number of hydrogen-bond acceptors (Lipinski definition) is 5. The Morgan fingerprint density at radius 3 is 2.78 bits per heavy atom. The number of non-ortho nitro benzene ring substituents is 1. The average molecular weight is 317 g/mol. The van der Waals surface area contributed by atoms with Gasteiger partial charge in [-0.3, -0.25) is 19.9 Å². The van der Waals surface area contributed by atoms with Crippen LogP contribution in [-0.4, -0.2) is 33.6 Å². The smallest absolute Gasteiger partial charge is 0.278 e. The highest BCUT2D eigenvalue weighted by atomic mass is 16.6. The lowest BCUT2D eigenvalue weighted by Crippen LogP contribution is -2.29. The molecule has 23 heavy (non-hydrogen) atoms. The number of hydrogen-bond donors (Lipinski definition) is 2. The summed E-state index contributed by atoms with van der Waals surface area (Å²) in [6, 6.07) is 5.87. The van der Waals surface area contributed by atoms with Crippen LogP contribution in [0.3, 0.4) is 0 Å². The average Bonchev–Trinajstić information content (AvgIpc) is 2.53. The van der Waals surface area contributed by atoms with Gasteiger partial charge in [-0.15, -0.1) is 0 Å². The van der Waals surface area contributed by atoms with Crippen molar-refractivity contribution in [1.29, 1.82) is 0 Å². The van der Waals surface area contributed by atoms with E-state index in [2.05, 4.69) is 10.3 Å². The topological polar surface area (TPSA) is 105 Å². The first-order valence-corrected chi connectivity index (χ1v) is 7.40. The van der Waals surface area contributed by atoms with E-state index in [-0.39, 0.29) is 23.1 Å². The van der Waals surface area contributed by atoms with Crippen molar-refractivity contribution in [3.8, 4) is 0 Å². The Bertz CT molecular complexity index is 730. The number of benzene rings is 1. The number of nitrogens with one attached hydrogen (secondary N) is 1. The Labute approximate surface area is 133 Å². The molecule has 122 valence electrons. The zero-order valence-corrected chi connectivity index (χ0v) is 13.0. The largest absolute Gasteiger partial charge is 0.393 e. The second-order valence-electron chi connectivity index (χ2n) is 5.64. The lowest BCUT2D eigenvalue weighted by atomic mass is 10.0. The molecule has 1 aromatic heterocycles. The summed E-state index contributed by atoms with van der Waals surface area (Å²) in [5.74, 6) is -0.242. The number of nitro benzene ring substituents is 1. The fraction of sp³-hybridized carbons (Fsp3) is 0.375. The summed E-state index contributed by atoms with van der Waals surface area (Å²) in [7, 11) is 0. The molecule has 0 radical (unpaired) electrons. The monoisotopic (exact) mass is 317 g/mol. The third-order valence-corrected chi connectivity index (χ3v) is 3.68. The van der Waals surface area contributed by atoms with E-state index in [1.54, 1.807) is 12.1 Å². The molecule has 0 aliphatic carbocycles. The number of aromatic nitrogens is 1. The van der Waals surface area contributed by atoms with E-state index in [1.807, 2.05) is 13.8 Å². The van der Waals surface area contributed by atoms with Crippen LogP contribution < -0.4 is 5.32 Å². The first kappa shape index (κ1) is 16.8. The van der Waals surface area contributed by atoms with Crippen molar-refractivity contribution < 1.29 is 14.8 Å². The van der Waals surface area contributed by atoms with Gasteiger partial charge in [0.05, 0.1) is 27.5 Å². The summed E-state index contributed by atoms with van der Waals surface area (Å²) in [5, 5.41) is 23.8. The van der Waals surface area contributed by atoms with Crippen LogP contribution in [0, 0.1) is 16.0 Å². The molecule has 0 aliphatic heterocycles. The quantitative estimate of drug-likeness (QED) is 0.628. The predicted octanol–water partition coefficient (Wildman–Crippen LogP) is 2.28. The minimum Gasteiger partial charge on any atom is -0.393 e. The summed E-state index contributed by atoms with van der Waals surface area (Å²) >= 11 is 0. The Morgan fingerprint density at radius 2 is 2.13 bits per heavy atom. The summed E-state index contributed by atoms with van der Waals surface area (Å²) in [5.41, 5.74) is 0.494. The van der Waals surface area contributed by atoms with Crippen LogP contribution in [0.2, 0.25) is 0 Å². The van der Waals surface area contributed by atoms with Crippen molar-refractivity contribution in [3.63, 3.8) is 0 Å². The standard InChI is InChI=1S/C16H19N3O4/c1-10(2)14(20)7-9-18-16(21)12-5-6-13(19(22)23)11-4-3-8-17-15(11)12/h3-6,8,10,14,20H,7,9H2,1-2H3,(H,18,21). The van der Waals surface area contributed by atoms with Crippen molar-refractivity contribution in [2.45, 2.75) is 26.4 Å². The third kappa shape index (κ3) is 3.81. The molecular formula is C16H19N3O4. The van der Waals surface area contributed by atoms with Crippen LogP contribution >= 0.6 is 0 Å². The van der Waals surface area contributed by atoms with Gasteiger partial charge in [-0.1, -0.05) is 13.8 Å². The number of nitrogens with zero attached hydrogens (tertiary/aromatic N) is 2. The van der Waals surface area contributed by atoms with Gasteiger partial charge in [0, 0.05) is 18.8 Å². The highest BCUT2D eigenvalue weighted by molar-refractivity contribution is 6.07. The fourth-order valence-electron chi connectivity index (χ4n) is 2.26. The molecule has 1 heterocycles. The van der Waals surface area contributed by atoms with Crippen molar-refractivity contribution in [2.75, 3.05) is 6.54 Å². The van der Waals surface area contributed by atoms with Gasteiger partial charge in [0.25, 0.3) is 11.6 Å². The first-order chi connectivity index (χ1) is 10.9. The molecule has 0 spiro atoms. The Balaban J connectivity index is 2.21. The van der Waals surface area contributed by atoms with Gasteiger partial charge in [-0.2, -0.15) is 0 Å². The third-order valence-electron chi connectivity index (χ3n) is 3.68. The number of fused-ring (bicyclic) bond motifs is 1. The highest BCUT2D eigenvalue weighted by Gasteiger charge is 2.19. The molecule has 1 unspecified atom stereocenters. The molecule has 1 aromatic carbocycles. The van der Waals surface area contributed by atoms with Crippen LogP contribution in [-0.2, 0) is 0 Å². The number of rotatable bonds is 6. The number of pyridine rings is 1. The molecule has 2 N–H and O–H groups in total. The van der Waals surface area contributed by atoms with E-state index in [0.29, 0.717) is 23.9 Å². The zero-order chi connectivity index (χ0) is 17.0. The zero-order valence-electron chi connectivity index (χ0n) is 13.0. The van der Waals surface area contributed by atoms with Crippen molar-refractivity contribution in [1.82, 2.24) is 10.3 Å². The fourth-order valence-corrected chi connectivity index (χ4v) is 2.26. The van der Waals surface area contributed by atoms with E-state index in [9.17, 15) is 20.0 Å². The SMILES string of the molecule is CC(C)C(O)CCNC(=O)c1ccc([N+](=O)[O-])c2cccnc12. The molecule has 2 rings (SSSR count).